The van der Waals surface area contributed by atoms with Gasteiger partial charge in [-0.15, -0.1) is 0 Å². The van der Waals surface area contributed by atoms with Crippen LogP contribution in [0.4, 0.5) is 5.82 Å². The van der Waals surface area contributed by atoms with Gasteiger partial charge in [0.1, 0.15) is 11.6 Å². The molecule has 0 spiro atoms. The fourth-order valence-corrected chi connectivity index (χ4v) is 1.97. The van der Waals surface area contributed by atoms with Gasteiger partial charge < -0.3 is 14.6 Å². The topological polar surface area (TPSA) is 64.9 Å². The fraction of sp³-hybridized carbons (Fsp3) is 0.562. The maximum absolute atomic E-state index is 5.65. The van der Waals surface area contributed by atoms with Crippen LogP contribution in [0.5, 0.6) is 5.88 Å². The Labute approximate surface area is 132 Å². The zero-order chi connectivity index (χ0) is 15.8. The van der Waals surface area contributed by atoms with E-state index in [1.807, 2.05) is 18.6 Å². The molecule has 6 heteroatoms. The molecule has 0 atom stereocenters. The van der Waals surface area contributed by atoms with Gasteiger partial charge in [0.05, 0.1) is 12.9 Å². The van der Waals surface area contributed by atoms with Crippen molar-refractivity contribution in [3.63, 3.8) is 0 Å². The van der Waals surface area contributed by atoms with Crippen molar-refractivity contribution in [1.82, 2.24) is 19.5 Å². The molecule has 0 aliphatic carbocycles. The Kier molecular flexibility index (Phi) is 6.18. The highest BCUT2D eigenvalue weighted by molar-refractivity contribution is 5.38. The van der Waals surface area contributed by atoms with Crippen LogP contribution in [0.2, 0.25) is 0 Å². The van der Waals surface area contributed by atoms with Gasteiger partial charge in [0.2, 0.25) is 5.88 Å². The maximum atomic E-state index is 5.65. The number of hydrogen-bond acceptors (Lipinski definition) is 5. The van der Waals surface area contributed by atoms with E-state index in [-0.39, 0.29) is 5.92 Å². The van der Waals surface area contributed by atoms with Gasteiger partial charge in [-0.25, -0.2) is 9.97 Å². The van der Waals surface area contributed by atoms with Crippen molar-refractivity contribution >= 4 is 5.82 Å². The molecule has 0 amide bonds. The van der Waals surface area contributed by atoms with Crippen molar-refractivity contribution < 1.29 is 4.74 Å². The molecule has 0 radical (unpaired) electrons. The highest BCUT2D eigenvalue weighted by atomic mass is 16.5. The van der Waals surface area contributed by atoms with Crippen LogP contribution in [0.25, 0.3) is 0 Å². The summed E-state index contributed by atoms with van der Waals surface area (Å²) in [5.41, 5.74) is 0. The molecule has 2 heterocycles. The quantitative estimate of drug-likeness (QED) is 0.721. The fourth-order valence-electron chi connectivity index (χ4n) is 1.97. The summed E-state index contributed by atoms with van der Waals surface area (Å²) in [5.74, 6) is 2.57. The molecule has 0 aromatic carbocycles. The molecule has 2 aromatic heterocycles. The lowest BCUT2D eigenvalue weighted by atomic mass is 10.2. The van der Waals surface area contributed by atoms with E-state index in [1.54, 1.807) is 6.20 Å². The molecule has 0 saturated carbocycles. The van der Waals surface area contributed by atoms with Gasteiger partial charge in [-0.3, -0.25) is 0 Å². The summed E-state index contributed by atoms with van der Waals surface area (Å²) < 4.78 is 7.71. The molecule has 0 bridgehead atoms. The SMILES string of the molecule is CCCOc1cc(NCCCn2ccnc2)nc(C(C)C)n1. The van der Waals surface area contributed by atoms with Crippen molar-refractivity contribution in [2.45, 2.75) is 46.1 Å². The molecule has 2 aromatic rings. The Morgan fingerprint density at radius 1 is 1.32 bits per heavy atom. The first-order valence-corrected chi connectivity index (χ1v) is 7.90. The van der Waals surface area contributed by atoms with Gasteiger partial charge in [0.25, 0.3) is 0 Å². The Hall–Kier alpha value is -2.11. The first kappa shape index (κ1) is 16.3. The molecule has 2 rings (SSSR count). The predicted molar refractivity (Wildman–Crippen MR) is 87.2 cm³/mol. The largest absolute Gasteiger partial charge is 0.478 e. The second-order valence-electron chi connectivity index (χ2n) is 5.53. The van der Waals surface area contributed by atoms with E-state index in [0.29, 0.717) is 12.5 Å². The number of hydrogen-bond donors (Lipinski definition) is 1. The van der Waals surface area contributed by atoms with Gasteiger partial charge in [-0.2, -0.15) is 4.98 Å². The lowest BCUT2D eigenvalue weighted by Crippen LogP contribution is -2.10. The number of imidazole rings is 1. The van der Waals surface area contributed by atoms with E-state index >= 15 is 0 Å². The van der Waals surface area contributed by atoms with Crippen LogP contribution in [0, 0.1) is 0 Å². The van der Waals surface area contributed by atoms with Crippen LogP contribution in [0.3, 0.4) is 0 Å². The summed E-state index contributed by atoms with van der Waals surface area (Å²) in [5, 5.41) is 3.35. The maximum Gasteiger partial charge on any atom is 0.218 e. The lowest BCUT2D eigenvalue weighted by Gasteiger charge is -2.12. The smallest absolute Gasteiger partial charge is 0.218 e. The normalized spacial score (nSPS) is 10.9. The van der Waals surface area contributed by atoms with E-state index in [0.717, 1.165) is 37.6 Å². The number of rotatable bonds is 9. The first-order chi connectivity index (χ1) is 10.7. The summed E-state index contributed by atoms with van der Waals surface area (Å²) in [6.45, 7) is 8.71. The van der Waals surface area contributed by atoms with Gasteiger partial charge in [-0.05, 0) is 12.8 Å². The van der Waals surface area contributed by atoms with Gasteiger partial charge in [0.15, 0.2) is 0 Å². The number of aryl methyl sites for hydroxylation is 1. The van der Waals surface area contributed by atoms with Crippen LogP contribution in [-0.2, 0) is 6.54 Å². The number of nitrogens with zero attached hydrogens (tertiary/aromatic N) is 4. The Morgan fingerprint density at radius 2 is 2.18 bits per heavy atom. The molecule has 0 fully saturated rings. The number of nitrogens with one attached hydrogen (secondary N) is 1. The molecule has 6 nitrogen and oxygen atoms in total. The Bertz CT molecular complexity index is 554. The summed E-state index contributed by atoms with van der Waals surface area (Å²) in [7, 11) is 0. The van der Waals surface area contributed by atoms with Crippen molar-refractivity contribution in [2.24, 2.45) is 0 Å². The van der Waals surface area contributed by atoms with Crippen LogP contribution < -0.4 is 10.1 Å². The Morgan fingerprint density at radius 3 is 2.86 bits per heavy atom. The summed E-state index contributed by atoms with van der Waals surface area (Å²) in [6, 6.07) is 1.87. The minimum atomic E-state index is 0.275. The summed E-state index contributed by atoms with van der Waals surface area (Å²) in [6.07, 6.45) is 7.57. The number of anilines is 1. The molecular formula is C16H25N5O. The average Bonchev–Trinajstić information content (AvgIpc) is 3.02. The van der Waals surface area contributed by atoms with Crippen molar-refractivity contribution in [3.8, 4) is 5.88 Å². The molecule has 120 valence electrons. The molecule has 1 N–H and O–H groups in total. The average molecular weight is 303 g/mol. The second kappa shape index (κ2) is 8.36. The zero-order valence-corrected chi connectivity index (χ0v) is 13.6. The van der Waals surface area contributed by atoms with Crippen molar-refractivity contribution in [1.29, 1.82) is 0 Å². The highest BCUT2D eigenvalue weighted by Gasteiger charge is 2.08. The van der Waals surface area contributed by atoms with Crippen LogP contribution >= 0.6 is 0 Å². The van der Waals surface area contributed by atoms with E-state index in [4.69, 9.17) is 4.74 Å². The minimum Gasteiger partial charge on any atom is -0.478 e. The predicted octanol–water partition coefficient (Wildman–Crippen LogP) is 3.09. The molecule has 0 aliphatic rings. The Balaban J connectivity index is 1.91. The molecule has 0 aliphatic heterocycles. The summed E-state index contributed by atoms with van der Waals surface area (Å²) in [4.78, 5) is 13.0. The van der Waals surface area contributed by atoms with E-state index < -0.39 is 0 Å². The molecule has 0 saturated heterocycles. The third kappa shape index (κ3) is 5.02. The number of aromatic nitrogens is 4. The van der Waals surface area contributed by atoms with Gasteiger partial charge >= 0.3 is 0 Å². The summed E-state index contributed by atoms with van der Waals surface area (Å²) >= 11 is 0. The molecule has 0 unspecified atom stereocenters. The molecule has 22 heavy (non-hydrogen) atoms. The monoisotopic (exact) mass is 303 g/mol. The van der Waals surface area contributed by atoms with E-state index in [9.17, 15) is 0 Å². The van der Waals surface area contributed by atoms with Crippen LogP contribution in [-0.4, -0.2) is 32.7 Å². The van der Waals surface area contributed by atoms with E-state index in [1.165, 1.54) is 0 Å². The van der Waals surface area contributed by atoms with Crippen molar-refractivity contribution in [2.75, 3.05) is 18.5 Å². The number of ether oxygens (including phenoxy) is 1. The zero-order valence-electron chi connectivity index (χ0n) is 13.6. The van der Waals surface area contributed by atoms with Crippen LogP contribution in [0.1, 0.15) is 45.4 Å². The van der Waals surface area contributed by atoms with Crippen molar-refractivity contribution in [3.05, 3.63) is 30.6 Å². The lowest BCUT2D eigenvalue weighted by molar-refractivity contribution is 0.303. The van der Waals surface area contributed by atoms with Crippen LogP contribution in [0.15, 0.2) is 24.8 Å². The highest BCUT2D eigenvalue weighted by Crippen LogP contribution is 2.18. The second-order valence-corrected chi connectivity index (χ2v) is 5.53. The third-order valence-electron chi connectivity index (χ3n) is 3.15. The van der Waals surface area contributed by atoms with E-state index in [2.05, 4.69) is 45.6 Å². The van der Waals surface area contributed by atoms with Gasteiger partial charge in [0, 0.05) is 37.5 Å². The standard InChI is InChI=1S/C16H25N5O/c1-4-10-22-15-11-14(19-16(20-15)13(2)3)18-6-5-8-21-9-7-17-12-21/h7,9,11-13H,4-6,8,10H2,1-3H3,(H,18,19,20). The van der Waals surface area contributed by atoms with Gasteiger partial charge in [-0.1, -0.05) is 20.8 Å². The first-order valence-electron chi connectivity index (χ1n) is 7.90. The third-order valence-corrected chi connectivity index (χ3v) is 3.15. The minimum absolute atomic E-state index is 0.275. The molecular weight excluding hydrogens is 278 g/mol.